The molecule has 43 heavy (non-hydrogen) atoms. The molecule has 2 aromatic heterocycles. The number of fused-ring (bicyclic) bond motifs is 2. The molecule has 4 aromatic rings. The Labute approximate surface area is 249 Å². The van der Waals surface area contributed by atoms with E-state index in [-0.39, 0.29) is 23.8 Å². The first-order chi connectivity index (χ1) is 20.9. The van der Waals surface area contributed by atoms with Crippen LogP contribution in [0.1, 0.15) is 42.5 Å². The van der Waals surface area contributed by atoms with E-state index in [9.17, 15) is 19.1 Å². The first kappa shape index (κ1) is 27.7. The largest absolute Gasteiger partial charge is 0.388 e. The van der Waals surface area contributed by atoms with Crippen molar-refractivity contribution >= 4 is 22.6 Å². The van der Waals surface area contributed by atoms with Crippen LogP contribution in [0.4, 0.5) is 10.1 Å². The molecule has 3 aliphatic rings. The quantitative estimate of drug-likeness (QED) is 0.384. The van der Waals surface area contributed by atoms with Gasteiger partial charge in [-0.1, -0.05) is 0 Å². The van der Waals surface area contributed by atoms with E-state index in [1.54, 1.807) is 17.0 Å². The van der Waals surface area contributed by atoms with E-state index in [1.807, 2.05) is 12.1 Å². The second-order valence-corrected chi connectivity index (χ2v) is 12.1. The van der Waals surface area contributed by atoms with Gasteiger partial charge in [-0.05, 0) is 87.2 Å². The molecule has 1 N–H and O–H groups in total. The number of benzene rings is 2. The molecule has 10 nitrogen and oxygen atoms in total. The SMILES string of the molecule is O=C(c1ccc(N2CCCN3CCC[C@H]3C2)cc1)N1CCC(O)(Cn2cnc3c(cnn3-c3ccc(F)cc3)c2=O)CC1. The van der Waals surface area contributed by atoms with Crippen LogP contribution in [-0.2, 0) is 6.54 Å². The van der Waals surface area contributed by atoms with Gasteiger partial charge in [0.25, 0.3) is 11.5 Å². The van der Waals surface area contributed by atoms with Gasteiger partial charge in [-0.3, -0.25) is 19.1 Å². The summed E-state index contributed by atoms with van der Waals surface area (Å²) in [6.45, 7) is 5.32. The summed E-state index contributed by atoms with van der Waals surface area (Å²) in [5.41, 5.74) is 1.31. The Bertz CT molecular complexity index is 1680. The van der Waals surface area contributed by atoms with Crippen LogP contribution in [0.2, 0.25) is 0 Å². The standard InChI is InChI=1S/C32H36FN7O3/c33-24-6-10-26(11-7-24)40-29-28(19-35-40)31(42)39(22-34-29)21-32(43)12-17-37(18-13-32)30(41)23-4-8-25(9-5-23)38-16-2-15-36-14-1-3-27(36)20-38/h4-11,19,22,27,43H,1-3,12-18,20-21H2/t27-/m0/s1. The van der Waals surface area contributed by atoms with E-state index in [2.05, 4.69) is 32.0 Å². The van der Waals surface area contributed by atoms with Crippen molar-refractivity contribution in [1.29, 1.82) is 0 Å². The predicted molar refractivity (Wildman–Crippen MR) is 161 cm³/mol. The van der Waals surface area contributed by atoms with Crippen molar-refractivity contribution < 1.29 is 14.3 Å². The van der Waals surface area contributed by atoms with Gasteiger partial charge in [-0.2, -0.15) is 5.10 Å². The van der Waals surface area contributed by atoms with Crippen LogP contribution in [0.5, 0.6) is 0 Å². The molecule has 3 aliphatic heterocycles. The molecule has 1 atom stereocenters. The van der Waals surface area contributed by atoms with E-state index in [1.165, 1.54) is 59.8 Å². The smallest absolute Gasteiger partial charge is 0.264 e. The van der Waals surface area contributed by atoms with E-state index < -0.39 is 5.60 Å². The van der Waals surface area contributed by atoms with Gasteiger partial charge in [-0.15, -0.1) is 0 Å². The van der Waals surface area contributed by atoms with E-state index in [0.29, 0.717) is 54.3 Å². The molecule has 0 saturated carbocycles. The molecule has 2 aromatic carbocycles. The molecule has 224 valence electrons. The van der Waals surface area contributed by atoms with Crippen LogP contribution >= 0.6 is 0 Å². The van der Waals surface area contributed by atoms with Crippen molar-refractivity contribution in [1.82, 2.24) is 29.1 Å². The number of hydrogen-bond acceptors (Lipinski definition) is 7. The third kappa shape index (κ3) is 5.43. The molecular weight excluding hydrogens is 549 g/mol. The van der Waals surface area contributed by atoms with Crippen molar-refractivity contribution in [2.75, 3.05) is 44.2 Å². The summed E-state index contributed by atoms with van der Waals surface area (Å²) in [6.07, 6.45) is 7.25. The highest BCUT2D eigenvalue weighted by atomic mass is 19.1. The molecule has 5 heterocycles. The highest BCUT2D eigenvalue weighted by molar-refractivity contribution is 5.94. The number of carbonyl (C=O) groups is 1. The van der Waals surface area contributed by atoms with Crippen molar-refractivity contribution in [3.05, 3.63) is 82.8 Å². The van der Waals surface area contributed by atoms with Crippen molar-refractivity contribution in [3.63, 3.8) is 0 Å². The van der Waals surface area contributed by atoms with Gasteiger partial charge in [0.1, 0.15) is 17.5 Å². The van der Waals surface area contributed by atoms with Crippen LogP contribution < -0.4 is 10.5 Å². The Kier molecular flexibility index (Phi) is 7.22. The van der Waals surface area contributed by atoms with Crippen LogP contribution in [0.15, 0.2) is 65.8 Å². The fourth-order valence-electron chi connectivity index (χ4n) is 6.87. The van der Waals surface area contributed by atoms with Crippen LogP contribution in [0.25, 0.3) is 16.7 Å². The lowest BCUT2D eigenvalue weighted by Gasteiger charge is -2.38. The fourth-order valence-corrected chi connectivity index (χ4v) is 6.87. The topological polar surface area (TPSA) is 99.7 Å². The summed E-state index contributed by atoms with van der Waals surface area (Å²) in [5, 5.41) is 16.0. The van der Waals surface area contributed by atoms with E-state index in [0.717, 1.165) is 25.2 Å². The van der Waals surface area contributed by atoms with Gasteiger partial charge in [0.15, 0.2) is 5.65 Å². The van der Waals surface area contributed by atoms with Crippen LogP contribution in [-0.4, -0.2) is 91.1 Å². The summed E-state index contributed by atoms with van der Waals surface area (Å²) < 4.78 is 16.2. The third-order valence-electron chi connectivity index (χ3n) is 9.35. The zero-order chi connectivity index (χ0) is 29.6. The van der Waals surface area contributed by atoms with Gasteiger partial charge >= 0.3 is 0 Å². The molecule has 3 fully saturated rings. The Morgan fingerprint density at radius 1 is 0.953 bits per heavy atom. The van der Waals surface area contributed by atoms with E-state index in [4.69, 9.17) is 0 Å². The number of rotatable bonds is 5. The summed E-state index contributed by atoms with van der Waals surface area (Å²) in [7, 11) is 0. The van der Waals surface area contributed by atoms with Gasteiger partial charge in [0.05, 0.1) is 24.0 Å². The van der Waals surface area contributed by atoms with Gasteiger partial charge < -0.3 is 14.9 Å². The number of hydrogen-bond donors (Lipinski definition) is 1. The molecule has 0 bridgehead atoms. The average molecular weight is 586 g/mol. The number of halogens is 1. The Hall–Kier alpha value is -4.09. The summed E-state index contributed by atoms with van der Waals surface area (Å²) >= 11 is 0. The highest BCUT2D eigenvalue weighted by Crippen LogP contribution is 2.28. The Balaban J connectivity index is 0.989. The second-order valence-electron chi connectivity index (χ2n) is 12.1. The lowest BCUT2D eigenvalue weighted by atomic mass is 9.91. The molecule has 11 heteroatoms. The zero-order valence-corrected chi connectivity index (χ0v) is 24.1. The maximum Gasteiger partial charge on any atom is 0.264 e. The van der Waals surface area contributed by atoms with Crippen LogP contribution in [0, 0.1) is 5.82 Å². The molecule has 3 saturated heterocycles. The average Bonchev–Trinajstić information content (AvgIpc) is 3.61. The molecule has 0 spiro atoms. The first-order valence-corrected chi connectivity index (χ1v) is 15.2. The maximum atomic E-state index is 13.3. The number of carbonyl (C=O) groups excluding carboxylic acids is 1. The molecule has 0 unspecified atom stereocenters. The van der Waals surface area contributed by atoms with Gasteiger partial charge in [-0.25, -0.2) is 14.1 Å². The number of amides is 1. The van der Waals surface area contributed by atoms with Crippen molar-refractivity contribution in [2.24, 2.45) is 0 Å². The first-order valence-electron chi connectivity index (χ1n) is 15.2. The maximum absolute atomic E-state index is 13.3. The molecule has 7 rings (SSSR count). The molecule has 0 radical (unpaired) electrons. The van der Waals surface area contributed by atoms with Crippen LogP contribution in [0.3, 0.4) is 0 Å². The number of nitrogens with zero attached hydrogens (tertiary/aromatic N) is 7. The summed E-state index contributed by atoms with van der Waals surface area (Å²) in [4.78, 5) is 37.9. The number of aliphatic hydroxyl groups is 1. The number of piperidine rings is 1. The fraction of sp³-hybridized carbons (Fsp3) is 0.438. The Morgan fingerprint density at radius 3 is 2.44 bits per heavy atom. The lowest BCUT2D eigenvalue weighted by molar-refractivity contribution is -0.0299. The minimum Gasteiger partial charge on any atom is -0.388 e. The second kappa shape index (κ2) is 11.2. The van der Waals surface area contributed by atoms with Gasteiger partial charge in [0, 0.05) is 50.0 Å². The Morgan fingerprint density at radius 2 is 1.67 bits per heavy atom. The highest BCUT2D eigenvalue weighted by Gasteiger charge is 2.35. The molecule has 1 amide bonds. The predicted octanol–water partition coefficient (Wildman–Crippen LogP) is 3.06. The lowest BCUT2D eigenvalue weighted by Crippen LogP contribution is -2.49. The minimum atomic E-state index is -1.15. The molecular formula is C32H36FN7O3. The number of likely N-dealkylation sites (tertiary alicyclic amines) is 1. The number of aromatic nitrogens is 4. The van der Waals surface area contributed by atoms with E-state index >= 15 is 0 Å². The normalized spacial score (nSPS) is 20.7. The summed E-state index contributed by atoms with van der Waals surface area (Å²) in [5.74, 6) is -0.405. The monoisotopic (exact) mass is 585 g/mol. The zero-order valence-electron chi connectivity index (χ0n) is 24.1. The summed E-state index contributed by atoms with van der Waals surface area (Å²) in [6, 6.07) is 14.4. The van der Waals surface area contributed by atoms with Crippen molar-refractivity contribution in [3.8, 4) is 5.69 Å². The third-order valence-corrected chi connectivity index (χ3v) is 9.35. The molecule has 0 aliphatic carbocycles. The minimum absolute atomic E-state index is 0.0418. The number of anilines is 1. The van der Waals surface area contributed by atoms with Crippen molar-refractivity contribution in [2.45, 2.75) is 50.3 Å². The van der Waals surface area contributed by atoms with Gasteiger partial charge in [0.2, 0.25) is 0 Å².